The molecule has 0 fully saturated rings. The van der Waals surface area contributed by atoms with Gasteiger partial charge in [-0.1, -0.05) is 0 Å². The van der Waals surface area contributed by atoms with Crippen molar-refractivity contribution in [1.29, 1.82) is 0 Å². The zero-order valence-electron chi connectivity index (χ0n) is 14.8. The number of aromatic nitrogens is 1. The molecule has 0 saturated carbocycles. The van der Waals surface area contributed by atoms with Crippen LogP contribution < -0.4 is 5.32 Å². The van der Waals surface area contributed by atoms with Gasteiger partial charge in [0, 0.05) is 47.7 Å². The minimum Gasteiger partial charge on any atom is -0.352 e. The first kappa shape index (κ1) is 16.5. The largest absolute Gasteiger partial charge is 0.352 e. The molecule has 0 bridgehead atoms. The van der Waals surface area contributed by atoms with Gasteiger partial charge in [-0.25, -0.2) is 8.78 Å². The van der Waals surface area contributed by atoms with Crippen LogP contribution in [-0.2, 0) is 13.6 Å². The number of carbonyl (C=O) groups is 1. The molecule has 1 aliphatic rings. The van der Waals surface area contributed by atoms with Crippen molar-refractivity contribution in [2.24, 2.45) is 7.05 Å². The first-order valence-electron chi connectivity index (χ1n) is 8.40. The van der Waals surface area contributed by atoms with Gasteiger partial charge in [0.25, 0.3) is 5.91 Å². The smallest absolute Gasteiger partial charge is 0.251 e. The van der Waals surface area contributed by atoms with Crippen LogP contribution in [0, 0.1) is 25.5 Å². The molecule has 0 atom stereocenters. The molecule has 0 spiro atoms. The maximum atomic E-state index is 14.5. The standard InChI is InChI=1S/C21H18F2N2O/c1-11-6-16(12(2)25(11)3)18-7-13-10-24-21(26)17(13)9-19(18)15-5-4-14(22)8-20(15)23/h4-9H,10H2,1-3H3,(H,24,26). The zero-order chi connectivity index (χ0) is 18.6. The third-order valence-electron chi connectivity index (χ3n) is 5.21. The lowest BCUT2D eigenvalue weighted by Crippen LogP contribution is -2.12. The number of benzene rings is 2. The van der Waals surface area contributed by atoms with Gasteiger partial charge in [0.05, 0.1) is 0 Å². The molecular formula is C21H18F2N2O. The lowest BCUT2D eigenvalue weighted by Gasteiger charge is -2.14. The summed E-state index contributed by atoms with van der Waals surface area (Å²) in [4.78, 5) is 12.1. The average molecular weight is 352 g/mol. The quantitative estimate of drug-likeness (QED) is 0.724. The van der Waals surface area contributed by atoms with Crippen molar-refractivity contribution >= 4 is 5.91 Å². The van der Waals surface area contributed by atoms with Crippen LogP contribution >= 0.6 is 0 Å². The molecule has 5 heteroatoms. The van der Waals surface area contributed by atoms with Crippen LogP contribution in [-0.4, -0.2) is 10.5 Å². The Morgan fingerprint density at radius 1 is 0.923 bits per heavy atom. The van der Waals surface area contributed by atoms with Crippen LogP contribution in [0.25, 0.3) is 22.3 Å². The van der Waals surface area contributed by atoms with Crippen molar-refractivity contribution in [2.45, 2.75) is 20.4 Å². The Labute approximate surface area is 150 Å². The summed E-state index contributed by atoms with van der Waals surface area (Å²) in [5.41, 5.74) is 6.24. The van der Waals surface area contributed by atoms with Crippen LogP contribution in [0.4, 0.5) is 8.78 Å². The van der Waals surface area contributed by atoms with E-state index >= 15 is 0 Å². The summed E-state index contributed by atoms with van der Waals surface area (Å²) in [6.07, 6.45) is 0. The molecule has 0 saturated heterocycles. The predicted molar refractivity (Wildman–Crippen MR) is 96.8 cm³/mol. The van der Waals surface area contributed by atoms with Crippen molar-refractivity contribution in [3.8, 4) is 22.3 Å². The number of carbonyl (C=O) groups excluding carboxylic acids is 1. The molecule has 3 nitrogen and oxygen atoms in total. The number of aryl methyl sites for hydroxylation is 1. The highest BCUT2D eigenvalue weighted by molar-refractivity contribution is 6.01. The van der Waals surface area contributed by atoms with Gasteiger partial charge in [-0.05, 0) is 60.9 Å². The fourth-order valence-electron chi connectivity index (χ4n) is 3.55. The minimum absolute atomic E-state index is 0.170. The molecule has 0 aliphatic carbocycles. The molecule has 132 valence electrons. The number of halogens is 2. The molecule has 1 aromatic heterocycles. The average Bonchev–Trinajstić information content (AvgIpc) is 3.09. The second kappa shape index (κ2) is 5.80. The van der Waals surface area contributed by atoms with Gasteiger partial charge < -0.3 is 9.88 Å². The second-order valence-corrected chi connectivity index (χ2v) is 6.71. The monoisotopic (exact) mass is 352 g/mol. The molecular weight excluding hydrogens is 334 g/mol. The Balaban J connectivity index is 2.04. The molecule has 4 rings (SSSR count). The van der Waals surface area contributed by atoms with E-state index in [2.05, 4.69) is 9.88 Å². The summed E-state index contributed by atoms with van der Waals surface area (Å²) in [5.74, 6) is -1.44. The second-order valence-electron chi connectivity index (χ2n) is 6.71. The first-order valence-corrected chi connectivity index (χ1v) is 8.40. The number of fused-ring (bicyclic) bond motifs is 1. The summed E-state index contributed by atoms with van der Waals surface area (Å²) >= 11 is 0. The van der Waals surface area contributed by atoms with E-state index in [1.165, 1.54) is 12.1 Å². The maximum Gasteiger partial charge on any atom is 0.251 e. The Bertz CT molecular complexity index is 1070. The van der Waals surface area contributed by atoms with E-state index in [4.69, 9.17) is 0 Å². The number of rotatable bonds is 2. The molecule has 3 aromatic rings. The van der Waals surface area contributed by atoms with E-state index in [9.17, 15) is 13.6 Å². The number of hydrogen-bond donors (Lipinski definition) is 1. The third kappa shape index (κ3) is 2.43. The van der Waals surface area contributed by atoms with E-state index in [0.29, 0.717) is 17.7 Å². The highest BCUT2D eigenvalue weighted by Crippen LogP contribution is 2.39. The Morgan fingerprint density at radius 2 is 1.65 bits per heavy atom. The molecule has 0 unspecified atom stereocenters. The van der Waals surface area contributed by atoms with Crippen molar-refractivity contribution in [1.82, 2.24) is 9.88 Å². The normalized spacial score (nSPS) is 13.0. The summed E-state index contributed by atoms with van der Waals surface area (Å²) in [7, 11) is 1.98. The molecule has 1 N–H and O–H groups in total. The van der Waals surface area contributed by atoms with E-state index in [-0.39, 0.29) is 11.5 Å². The number of hydrogen-bond acceptors (Lipinski definition) is 1. The number of nitrogens with one attached hydrogen (secondary N) is 1. The van der Waals surface area contributed by atoms with E-state index in [1.807, 2.05) is 33.0 Å². The highest BCUT2D eigenvalue weighted by Gasteiger charge is 2.24. The zero-order valence-corrected chi connectivity index (χ0v) is 14.8. The molecule has 2 aromatic carbocycles. The van der Waals surface area contributed by atoms with E-state index in [1.54, 1.807) is 6.07 Å². The summed E-state index contributed by atoms with van der Waals surface area (Å²) in [5, 5.41) is 2.80. The fraction of sp³-hybridized carbons (Fsp3) is 0.190. The van der Waals surface area contributed by atoms with Gasteiger partial charge in [0.2, 0.25) is 0 Å². The van der Waals surface area contributed by atoms with Crippen LogP contribution in [0.5, 0.6) is 0 Å². The number of amides is 1. The maximum absolute atomic E-state index is 14.5. The van der Waals surface area contributed by atoms with Gasteiger partial charge in [0.15, 0.2) is 0 Å². The highest BCUT2D eigenvalue weighted by atomic mass is 19.1. The SMILES string of the molecule is Cc1cc(-c2cc3c(cc2-c2ccc(F)cc2F)C(=O)NC3)c(C)n1C. The third-order valence-corrected chi connectivity index (χ3v) is 5.21. The minimum atomic E-state index is -0.644. The molecule has 1 aliphatic heterocycles. The lowest BCUT2D eigenvalue weighted by molar-refractivity contribution is 0.0966. The Morgan fingerprint density at radius 3 is 2.31 bits per heavy atom. The van der Waals surface area contributed by atoms with Crippen LogP contribution in [0.1, 0.15) is 27.3 Å². The van der Waals surface area contributed by atoms with Gasteiger partial charge >= 0.3 is 0 Å². The van der Waals surface area contributed by atoms with Crippen LogP contribution in [0.15, 0.2) is 36.4 Å². The van der Waals surface area contributed by atoms with Crippen molar-refractivity contribution < 1.29 is 13.6 Å². The lowest BCUT2D eigenvalue weighted by atomic mass is 9.90. The summed E-state index contributed by atoms with van der Waals surface area (Å²) in [6, 6.07) is 9.23. The predicted octanol–water partition coefficient (Wildman–Crippen LogP) is 4.50. The summed E-state index contributed by atoms with van der Waals surface area (Å²) < 4.78 is 30.0. The van der Waals surface area contributed by atoms with E-state index < -0.39 is 11.6 Å². The molecule has 26 heavy (non-hydrogen) atoms. The van der Waals surface area contributed by atoms with Gasteiger partial charge in [-0.3, -0.25) is 4.79 Å². The summed E-state index contributed by atoms with van der Waals surface area (Å²) in [6.45, 7) is 4.47. The van der Waals surface area contributed by atoms with Crippen molar-refractivity contribution in [3.63, 3.8) is 0 Å². The fourth-order valence-corrected chi connectivity index (χ4v) is 3.55. The molecule has 1 amide bonds. The Kier molecular flexibility index (Phi) is 3.68. The number of nitrogens with zero attached hydrogens (tertiary/aromatic N) is 1. The van der Waals surface area contributed by atoms with Crippen LogP contribution in [0.2, 0.25) is 0 Å². The van der Waals surface area contributed by atoms with Gasteiger partial charge in [-0.2, -0.15) is 0 Å². The van der Waals surface area contributed by atoms with Crippen molar-refractivity contribution in [3.05, 3.63) is 70.5 Å². The topological polar surface area (TPSA) is 34.0 Å². The van der Waals surface area contributed by atoms with Gasteiger partial charge in [0.1, 0.15) is 11.6 Å². The van der Waals surface area contributed by atoms with Crippen molar-refractivity contribution in [2.75, 3.05) is 0 Å². The molecule has 0 radical (unpaired) electrons. The van der Waals surface area contributed by atoms with Gasteiger partial charge in [-0.15, -0.1) is 0 Å². The Hall–Kier alpha value is -2.95. The van der Waals surface area contributed by atoms with E-state index in [0.717, 1.165) is 34.1 Å². The molecule has 2 heterocycles. The first-order chi connectivity index (χ1) is 12.4. The van der Waals surface area contributed by atoms with Crippen LogP contribution in [0.3, 0.4) is 0 Å².